The molecule has 1 N–H and O–H groups in total. The van der Waals surface area contributed by atoms with Crippen LogP contribution in [0.4, 0.5) is 11.4 Å². The molecule has 1 aromatic rings. The van der Waals surface area contributed by atoms with E-state index in [-0.39, 0.29) is 11.3 Å². The molecule has 17 heavy (non-hydrogen) atoms. The van der Waals surface area contributed by atoms with Crippen molar-refractivity contribution in [3.63, 3.8) is 0 Å². The van der Waals surface area contributed by atoms with Crippen molar-refractivity contribution in [2.75, 3.05) is 17.3 Å². The summed E-state index contributed by atoms with van der Waals surface area (Å²) in [6, 6.07) is 6.63. The smallest absolute Gasteiger partial charge is 0.221 e. The van der Waals surface area contributed by atoms with Crippen LogP contribution in [0, 0.1) is 0 Å². The minimum atomic E-state index is -0.0297. The van der Waals surface area contributed by atoms with E-state index in [9.17, 15) is 4.79 Å². The fraction of sp³-hybridized carbons (Fsp3) is 0.500. The van der Waals surface area contributed by atoms with Gasteiger partial charge in [-0.05, 0) is 24.6 Å². The topological polar surface area (TPSA) is 32.3 Å². The van der Waals surface area contributed by atoms with Crippen LogP contribution in [-0.2, 0) is 10.2 Å². The monoisotopic (exact) mass is 232 g/mol. The first-order valence-corrected chi connectivity index (χ1v) is 5.99. The number of fused-ring (bicyclic) bond motifs is 1. The summed E-state index contributed by atoms with van der Waals surface area (Å²) in [6.45, 7) is 8.29. The van der Waals surface area contributed by atoms with E-state index in [4.69, 9.17) is 0 Å². The van der Waals surface area contributed by atoms with Gasteiger partial charge in [0.15, 0.2) is 0 Å². The van der Waals surface area contributed by atoms with Gasteiger partial charge >= 0.3 is 0 Å². The van der Waals surface area contributed by atoms with Gasteiger partial charge in [-0.3, -0.25) is 4.79 Å². The second kappa shape index (κ2) is 3.76. The molecule has 1 unspecified atom stereocenters. The van der Waals surface area contributed by atoms with Gasteiger partial charge in [0.05, 0.1) is 0 Å². The van der Waals surface area contributed by atoms with E-state index in [1.165, 1.54) is 18.2 Å². The minimum Gasteiger partial charge on any atom is -0.371 e. The van der Waals surface area contributed by atoms with Gasteiger partial charge in [-0.15, -0.1) is 0 Å². The number of nitrogens with zero attached hydrogens (tertiary/aromatic N) is 1. The SMILES string of the molecule is CC(=O)Nc1ccc2c(c1)N(C)C(C)C2(C)C. The molecule has 1 amide bonds. The highest BCUT2D eigenvalue weighted by molar-refractivity contribution is 5.89. The lowest BCUT2D eigenvalue weighted by Crippen LogP contribution is -2.36. The van der Waals surface area contributed by atoms with E-state index in [1.807, 2.05) is 6.07 Å². The molecule has 2 rings (SSSR count). The second-order valence-electron chi connectivity index (χ2n) is 5.42. The molecule has 3 heteroatoms. The van der Waals surface area contributed by atoms with Gasteiger partial charge in [0.25, 0.3) is 0 Å². The Morgan fingerprint density at radius 1 is 1.41 bits per heavy atom. The van der Waals surface area contributed by atoms with Crippen LogP contribution >= 0.6 is 0 Å². The lowest BCUT2D eigenvalue weighted by atomic mass is 9.81. The quantitative estimate of drug-likeness (QED) is 0.807. The maximum Gasteiger partial charge on any atom is 0.221 e. The van der Waals surface area contributed by atoms with Crippen LogP contribution in [0.5, 0.6) is 0 Å². The van der Waals surface area contributed by atoms with Crippen molar-refractivity contribution in [3.8, 4) is 0 Å². The average Bonchev–Trinajstić information content (AvgIpc) is 2.40. The van der Waals surface area contributed by atoms with Gasteiger partial charge < -0.3 is 10.2 Å². The molecule has 0 saturated heterocycles. The Morgan fingerprint density at radius 3 is 2.65 bits per heavy atom. The predicted octanol–water partition coefficient (Wildman–Crippen LogP) is 2.76. The summed E-state index contributed by atoms with van der Waals surface area (Å²) in [5.74, 6) is -0.0297. The van der Waals surface area contributed by atoms with Crippen LogP contribution in [0.3, 0.4) is 0 Å². The van der Waals surface area contributed by atoms with Gasteiger partial charge in [-0.25, -0.2) is 0 Å². The molecule has 0 spiro atoms. The van der Waals surface area contributed by atoms with Crippen LogP contribution in [0.15, 0.2) is 18.2 Å². The van der Waals surface area contributed by atoms with Crippen molar-refractivity contribution >= 4 is 17.3 Å². The zero-order chi connectivity index (χ0) is 12.8. The van der Waals surface area contributed by atoms with Crippen LogP contribution in [0.1, 0.15) is 33.3 Å². The summed E-state index contributed by atoms with van der Waals surface area (Å²) < 4.78 is 0. The first-order chi connectivity index (χ1) is 7.84. The predicted molar refractivity (Wildman–Crippen MR) is 71.6 cm³/mol. The normalized spacial score (nSPS) is 21.2. The highest BCUT2D eigenvalue weighted by atomic mass is 16.1. The Morgan fingerprint density at radius 2 is 2.06 bits per heavy atom. The van der Waals surface area contributed by atoms with Gasteiger partial charge in [-0.2, -0.15) is 0 Å². The maximum absolute atomic E-state index is 11.1. The van der Waals surface area contributed by atoms with E-state index in [1.54, 1.807) is 0 Å². The number of benzene rings is 1. The Bertz CT molecular complexity index is 465. The standard InChI is InChI=1S/C14H20N2O/c1-9-14(3,4)12-7-6-11(15-10(2)17)8-13(12)16(9)5/h6-9H,1-5H3,(H,15,17). The van der Waals surface area contributed by atoms with Crippen LogP contribution in [0.25, 0.3) is 0 Å². The number of hydrogen-bond acceptors (Lipinski definition) is 2. The van der Waals surface area contributed by atoms with Gasteiger partial charge in [0.1, 0.15) is 0 Å². The van der Waals surface area contributed by atoms with Crippen molar-refractivity contribution in [1.29, 1.82) is 0 Å². The second-order valence-corrected chi connectivity index (χ2v) is 5.42. The molecule has 0 fully saturated rings. The summed E-state index contributed by atoms with van der Waals surface area (Å²) in [5, 5.41) is 2.83. The fourth-order valence-electron chi connectivity index (χ4n) is 2.57. The molecular formula is C14H20N2O. The summed E-state index contributed by atoms with van der Waals surface area (Å²) in [7, 11) is 2.11. The summed E-state index contributed by atoms with van der Waals surface area (Å²) in [4.78, 5) is 13.3. The molecule has 92 valence electrons. The van der Waals surface area contributed by atoms with Crippen molar-refractivity contribution in [3.05, 3.63) is 23.8 Å². The fourth-order valence-corrected chi connectivity index (χ4v) is 2.57. The summed E-state index contributed by atoms with van der Waals surface area (Å²) >= 11 is 0. The number of carbonyl (C=O) groups excluding carboxylic acids is 1. The lowest BCUT2D eigenvalue weighted by molar-refractivity contribution is -0.114. The average molecular weight is 232 g/mol. The summed E-state index contributed by atoms with van der Waals surface area (Å²) in [5.41, 5.74) is 3.59. The number of anilines is 2. The molecule has 3 nitrogen and oxygen atoms in total. The summed E-state index contributed by atoms with van der Waals surface area (Å²) in [6.07, 6.45) is 0. The van der Waals surface area contributed by atoms with Crippen LogP contribution < -0.4 is 10.2 Å². The largest absolute Gasteiger partial charge is 0.371 e. The molecule has 1 atom stereocenters. The minimum absolute atomic E-state index is 0.0297. The maximum atomic E-state index is 11.1. The van der Waals surface area contributed by atoms with E-state index in [2.05, 4.69) is 50.2 Å². The van der Waals surface area contributed by atoms with Crippen molar-refractivity contribution in [1.82, 2.24) is 0 Å². The Labute approximate surface area is 103 Å². The molecule has 0 saturated carbocycles. The van der Waals surface area contributed by atoms with Crippen molar-refractivity contribution in [2.24, 2.45) is 0 Å². The third-order valence-corrected chi connectivity index (χ3v) is 4.02. The molecule has 1 aromatic carbocycles. The highest BCUT2D eigenvalue weighted by Crippen LogP contribution is 2.45. The zero-order valence-electron chi connectivity index (χ0n) is 11.2. The van der Waals surface area contributed by atoms with Gasteiger partial charge in [-0.1, -0.05) is 19.9 Å². The molecule has 0 aromatic heterocycles. The van der Waals surface area contributed by atoms with Crippen LogP contribution in [-0.4, -0.2) is 19.0 Å². The third-order valence-electron chi connectivity index (χ3n) is 4.02. The lowest BCUT2D eigenvalue weighted by Gasteiger charge is -2.28. The van der Waals surface area contributed by atoms with Gasteiger partial charge in [0, 0.05) is 36.8 Å². The number of amides is 1. The van der Waals surface area contributed by atoms with E-state index < -0.39 is 0 Å². The van der Waals surface area contributed by atoms with Crippen molar-refractivity contribution < 1.29 is 4.79 Å². The Balaban J connectivity index is 2.45. The van der Waals surface area contributed by atoms with Gasteiger partial charge in [0.2, 0.25) is 5.91 Å². The third kappa shape index (κ3) is 1.79. The Kier molecular flexibility index (Phi) is 2.64. The number of hydrogen-bond donors (Lipinski definition) is 1. The Hall–Kier alpha value is -1.51. The number of nitrogens with one attached hydrogen (secondary N) is 1. The number of rotatable bonds is 1. The first kappa shape index (κ1) is 12.0. The van der Waals surface area contributed by atoms with Crippen LogP contribution in [0.2, 0.25) is 0 Å². The molecule has 1 heterocycles. The molecule has 0 bridgehead atoms. The molecule has 0 aliphatic carbocycles. The van der Waals surface area contributed by atoms with Crippen molar-refractivity contribution in [2.45, 2.75) is 39.2 Å². The first-order valence-electron chi connectivity index (χ1n) is 5.99. The molecular weight excluding hydrogens is 212 g/mol. The van der Waals surface area contributed by atoms with E-state index in [0.717, 1.165) is 5.69 Å². The molecule has 1 aliphatic rings. The van der Waals surface area contributed by atoms with E-state index in [0.29, 0.717) is 6.04 Å². The molecule has 0 radical (unpaired) electrons. The number of carbonyl (C=O) groups is 1. The highest BCUT2D eigenvalue weighted by Gasteiger charge is 2.40. The zero-order valence-corrected chi connectivity index (χ0v) is 11.2. The van der Waals surface area contributed by atoms with E-state index >= 15 is 0 Å². The number of likely N-dealkylation sites (N-methyl/N-ethyl adjacent to an activating group) is 1. The molecule has 1 aliphatic heterocycles.